The maximum absolute atomic E-state index is 14.2. The number of hydrogen-bond acceptors (Lipinski definition) is 5. The summed E-state index contributed by atoms with van der Waals surface area (Å²) in [6.07, 6.45) is 0. The van der Waals surface area contributed by atoms with E-state index in [0.717, 1.165) is 6.07 Å². The minimum absolute atomic E-state index is 0.182. The third-order valence-corrected chi connectivity index (χ3v) is 4.86. The van der Waals surface area contributed by atoms with Gasteiger partial charge < -0.3 is 25.5 Å². The lowest BCUT2D eigenvalue weighted by molar-refractivity contribution is 0.399. The van der Waals surface area contributed by atoms with Crippen molar-refractivity contribution in [1.82, 2.24) is 0 Å². The molecule has 0 radical (unpaired) electrons. The van der Waals surface area contributed by atoms with Crippen LogP contribution in [-0.2, 0) is 0 Å². The summed E-state index contributed by atoms with van der Waals surface area (Å²) in [4.78, 5) is 0. The predicted octanol–water partition coefficient (Wildman–Crippen LogP) is 4.55. The molecule has 5 N–H and O–H groups in total. The molecule has 0 amide bonds. The molecule has 0 unspecified atom stereocenters. The summed E-state index contributed by atoms with van der Waals surface area (Å²) in [6.45, 7) is 3.03. The number of benzene rings is 3. The van der Waals surface area contributed by atoms with Gasteiger partial charge in [0.05, 0.1) is 16.3 Å². The average Bonchev–Trinajstić information content (AvgIpc) is 2.57. The maximum Gasteiger partial charge on any atom is 0.170 e. The zero-order valence-electron chi connectivity index (χ0n) is 13.2. The summed E-state index contributed by atoms with van der Waals surface area (Å²) in [5.41, 5.74) is -0.00742. The minimum atomic E-state index is -0.806. The molecule has 0 fully saturated rings. The third-order valence-electron chi connectivity index (χ3n) is 4.37. The Morgan fingerprint density at radius 1 is 0.760 bits per heavy atom. The van der Waals surface area contributed by atoms with Crippen molar-refractivity contribution in [1.29, 1.82) is 0 Å². The highest BCUT2D eigenvalue weighted by Gasteiger charge is 2.28. The van der Waals surface area contributed by atoms with Crippen LogP contribution in [-0.4, -0.2) is 25.5 Å². The van der Waals surface area contributed by atoms with E-state index in [9.17, 15) is 29.9 Å². The van der Waals surface area contributed by atoms with E-state index in [2.05, 4.69) is 15.9 Å². The van der Waals surface area contributed by atoms with Crippen LogP contribution >= 0.6 is 15.9 Å². The molecule has 0 bridgehead atoms. The summed E-state index contributed by atoms with van der Waals surface area (Å²) < 4.78 is 14.7. The number of halogens is 2. The Kier molecular flexibility index (Phi) is 3.91. The van der Waals surface area contributed by atoms with E-state index < -0.39 is 28.8 Å². The molecular formula is C18H14BrFO5. The van der Waals surface area contributed by atoms with Gasteiger partial charge in [-0.1, -0.05) is 15.9 Å². The molecule has 3 rings (SSSR count). The van der Waals surface area contributed by atoms with E-state index in [-0.39, 0.29) is 38.8 Å². The molecular weight excluding hydrogens is 395 g/mol. The smallest absolute Gasteiger partial charge is 0.170 e. The normalized spacial score (nSPS) is 11.2. The lowest BCUT2D eigenvalue weighted by Crippen LogP contribution is -1.92. The number of fused-ring (bicyclic) bond motifs is 1. The molecule has 0 atom stereocenters. The van der Waals surface area contributed by atoms with Crippen LogP contribution < -0.4 is 0 Å². The topological polar surface area (TPSA) is 101 Å². The summed E-state index contributed by atoms with van der Waals surface area (Å²) in [5.74, 6) is -3.75. The van der Waals surface area contributed by atoms with E-state index in [1.165, 1.54) is 26.0 Å². The van der Waals surface area contributed by atoms with Crippen molar-refractivity contribution < 1.29 is 29.9 Å². The Hall–Kier alpha value is -2.67. The molecule has 0 heterocycles. The summed E-state index contributed by atoms with van der Waals surface area (Å²) in [7, 11) is 0. The summed E-state index contributed by atoms with van der Waals surface area (Å²) >= 11 is 3.18. The summed E-state index contributed by atoms with van der Waals surface area (Å²) in [6, 6.07) is 3.87. The Balaban J connectivity index is 2.58. The van der Waals surface area contributed by atoms with E-state index in [1.807, 2.05) is 0 Å². The molecule has 0 aliphatic carbocycles. The Morgan fingerprint density at radius 3 is 1.84 bits per heavy atom. The molecule has 0 aliphatic rings. The fourth-order valence-electron chi connectivity index (χ4n) is 2.85. The van der Waals surface area contributed by atoms with Gasteiger partial charge in [-0.05, 0) is 43.2 Å². The van der Waals surface area contributed by atoms with Gasteiger partial charge in [0.1, 0.15) is 23.1 Å². The first-order valence-corrected chi connectivity index (χ1v) is 8.03. The Morgan fingerprint density at radius 2 is 1.28 bits per heavy atom. The van der Waals surface area contributed by atoms with Crippen molar-refractivity contribution in [3.8, 4) is 39.9 Å². The van der Waals surface area contributed by atoms with Gasteiger partial charge in [-0.3, -0.25) is 0 Å². The molecule has 7 heteroatoms. The van der Waals surface area contributed by atoms with Gasteiger partial charge in [0.15, 0.2) is 11.5 Å². The van der Waals surface area contributed by atoms with Crippen LogP contribution in [0.15, 0.2) is 22.7 Å². The van der Waals surface area contributed by atoms with Crippen molar-refractivity contribution in [2.24, 2.45) is 0 Å². The minimum Gasteiger partial charge on any atom is -0.507 e. The zero-order valence-corrected chi connectivity index (χ0v) is 14.8. The van der Waals surface area contributed by atoms with Gasteiger partial charge in [0, 0.05) is 10.0 Å². The number of phenolic OH excluding ortho intramolecular Hbond substituents is 5. The molecule has 5 nitrogen and oxygen atoms in total. The highest BCUT2D eigenvalue weighted by molar-refractivity contribution is 9.10. The molecule has 130 valence electrons. The molecule has 0 saturated heterocycles. The van der Waals surface area contributed by atoms with E-state index in [1.54, 1.807) is 0 Å². The quantitative estimate of drug-likeness (QED) is 0.300. The fraction of sp³-hybridized carbons (Fsp3) is 0.111. The summed E-state index contributed by atoms with van der Waals surface area (Å²) in [5, 5.41) is 51.4. The van der Waals surface area contributed by atoms with Crippen LogP contribution in [0.4, 0.5) is 4.39 Å². The van der Waals surface area contributed by atoms with Crippen molar-refractivity contribution in [3.63, 3.8) is 0 Å². The Bertz CT molecular complexity index is 1050. The van der Waals surface area contributed by atoms with E-state index in [0.29, 0.717) is 4.47 Å². The van der Waals surface area contributed by atoms with Crippen LogP contribution in [0, 0.1) is 19.7 Å². The molecule has 25 heavy (non-hydrogen) atoms. The van der Waals surface area contributed by atoms with Crippen molar-refractivity contribution in [3.05, 3.63) is 39.6 Å². The molecule has 0 saturated carbocycles. The van der Waals surface area contributed by atoms with Gasteiger partial charge in [-0.2, -0.15) is 0 Å². The number of phenols is 5. The predicted molar refractivity (Wildman–Crippen MR) is 94.8 cm³/mol. The van der Waals surface area contributed by atoms with Gasteiger partial charge in [0.2, 0.25) is 0 Å². The molecule has 3 aromatic carbocycles. The Labute approximate surface area is 150 Å². The fourth-order valence-corrected chi connectivity index (χ4v) is 3.21. The first-order chi connectivity index (χ1) is 11.7. The van der Waals surface area contributed by atoms with E-state index >= 15 is 0 Å². The van der Waals surface area contributed by atoms with E-state index in [4.69, 9.17) is 0 Å². The first-order valence-electron chi connectivity index (χ1n) is 7.23. The zero-order chi connectivity index (χ0) is 18.6. The van der Waals surface area contributed by atoms with Crippen LogP contribution in [0.25, 0.3) is 21.9 Å². The molecule has 0 aromatic heterocycles. The largest absolute Gasteiger partial charge is 0.507 e. The number of hydrogen-bond donors (Lipinski definition) is 5. The second-order valence-corrected chi connectivity index (χ2v) is 6.66. The number of rotatable bonds is 1. The molecule has 0 aliphatic heterocycles. The van der Waals surface area contributed by atoms with Crippen LogP contribution in [0.3, 0.4) is 0 Å². The van der Waals surface area contributed by atoms with Gasteiger partial charge in [-0.15, -0.1) is 0 Å². The maximum atomic E-state index is 14.2. The second kappa shape index (κ2) is 5.70. The first kappa shape index (κ1) is 17.2. The highest BCUT2D eigenvalue weighted by Crippen LogP contribution is 2.56. The molecule has 0 spiro atoms. The lowest BCUT2D eigenvalue weighted by atomic mass is 9.92. The van der Waals surface area contributed by atoms with Crippen molar-refractivity contribution in [2.45, 2.75) is 13.8 Å². The molecule has 3 aromatic rings. The van der Waals surface area contributed by atoms with Crippen LogP contribution in [0.2, 0.25) is 0 Å². The van der Waals surface area contributed by atoms with Gasteiger partial charge >= 0.3 is 0 Å². The van der Waals surface area contributed by atoms with Gasteiger partial charge in [0.25, 0.3) is 0 Å². The standard InChI is InChI=1S/C18H14BrFO5/c1-6-7(2)15(22)13-12(14(6)21)16(23)11(17(24)18(13)25)9-5-8(19)3-4-10(9)20/h3-5,21-25H,1-2H3. The third kappa shape index (κ3) is 2.34. The highest BCUT2D eigenvalue weighted by atomic mass is 79.9. The average molecular weight is 409 g/mol. The van der Waals surface area contributed by atoms with Crippen LogP contribution in [0.5, 0.6) is 28.7 Å². The van der Waals surface area contributed by atoms with Crippen LogP contribution in [0.1, 0.15) is 11.1 Å². The van der Waals surface area contributed by atoms with Crippen molar-refractivity contribution in [2.75, 3.05) is 0 Å². The second-order valence-electron chi connectivity index (χ2n) is 5.74. The van der Waals surface area contributed by atoms with Crippen molar-refractivity contribution >= 4 is 26.7 Å². The SMILES string of the molecule is Cc1c(C)c(O)c2c(O)c(-c3cc(Br)ccc3F)c(O)c(O)c2c1O. The van der Waals surface area contributed by atoms with Gasteiger partial charge in [-0.25, -0.2) is 4.39 Å². The monoisotopic (exact) mass is 408 g/mol. The number of aromatic hydroxyl groups is 5. The lowest BCUT2D eigenvalue weighted by Gasteiger charge is -2.18.